The molecule has 1 unspecified atom stereocenters. The van der Waals surface area contributed by atoms with Gasteiger partial charge >= 0.3 is 6.09 Å². The summed E-state index contributed by atoms with van der Waals surface area (Å²) in [4.78, 5) is 27.4. The third-order valence-electron chi connectivity index (χ3n) is 5.55. The lowest BCUT2D eigenvalue weighted by atomic mass is 10.1. The van der Waals surface area contributed by atoms with Gasteiger partial charge in [-0.3, -0.25) is 4.90 Å². The highest BCUT2D eigenvalue weighted by Crippen LogP contribution is 2.27. The fraction of sp³-hybridized carbons (Fsp3) is 0.480. The summed E-state index contributed by atoms with van der Waals surface area (Å²) in [6, 6.07) is 11.2. The highest BCUT2D eigenvalue weighted by molar-refractivity contribution is 5.89. The predicted molar refractivity (Wildman–Crippen MR) is 130 cm³/mol. The number of benzene rings is 1. The number of ether oxygens (including phenoxy) is 2. The maximum atomic E-state index is 12.5. The number of hydrogen-bond acceptors (Lipinski definition) is 9. The van der Waals surface area contributed by atoms with E-state index >= 15 is 0 Å². The molecule has 0 bridgehead atoms. The van der Waals surface area contributed by atoms with Gasteiger partial charge < -0.3 is 19.3 Å². The van der Waals surface area contributed by atoms with Gasteiger partial charge in [0.25, 0.3) is 0 Å². The minimum atomic E-state index is -0.461. The summed E-state index contributed by atoms with van der Waals surface area (Å²) in [7, 11) is 0. The zero-order chi connectivity index (χ0) is 25.0. The van der Waals surface area contributed by atoms with E-state index in [0.29, 0.717) is 29.9 Å². The average molecular weight is 481 g/mol. The van der Waals surface area contributed by atoms with Crippen LogP contribution in [-0.4, -0.2) is 50.6 Å². The van der Waals surface area contributed by atoms with Gasteiger partial charge in [-0.25, -0.2) is 9.78 Å². The molecule has 10 heteroatoms. The number of carbonyl (C=O) groups excluding carboxylic acids is 1. The number of anilines is 2. The summed E-state index contributed by atoms with van der Waals surface area (Å²) in [6.07, 6.45) is 2.39. The number of rotatable bonds is 9. The Hall–Kier alpha value is -3.53. The third kappa shape index (κ3) is 6.33. The van der Waals surface area contributed by atoms with E-state index in [4.69, 9.17) is 14.0 Å². The quantitative estimate of drug-likeness (QED) is 0.477. The van der Waals surface area contributed by atoms with Crippen LogP contribution in [0.1, 0.15) is 57.9 Å². The van der Waals surface area contributed by atoms with E-state index in [1.54, 1.807) is 12.3 Å². The molecule has 0 saturated carbocycles. The van der Waals surface area contributed by atoms with E-state index < -0.39 is 6.09 Å². The van der Waals surface area contributed by atoms with Gasteiger partial charge in [-0.05, 0) is 52.7 Å². The molecule has 1 N–H and O–H groups in total. The summed E-state index contributed by atoms with van der Waals surface area (Å²) in [6.45, 7) is 9.97. The molecule has 35 heavy (non-hydrogen) atoms. The zero-order valence-corrected chi connectivity index (χ0v) is 20.8. The molecule has 3 aromatic rings. The Bertz CT molecular complexity index is 1130. The van der Waals surface area contributed by atoms with E-state index in [0.717, 1.165) is 6.42 Å². The van der Waals surface area contributed by atoms with Crippen molar-refractivity contribution < 1.29 is 18.8 Å². The average Bonchev–Trinajstić information content (AvgIpc) is 3.44. The first-order chi connectivity index (χ1) is 16.7. The second-order valence-corrected chi connectivity index (χ2v) is 9.59. The number of hydrogen-bond donors (Lipinski definition) is 1. The van der Waals surface area contributed by atoms with Gasteiger partial charge in [0.15, 0.2) is 5.82 Å². The van der Waals surface area contributed by atoms with Crippen molar-refractivity contribution >= 4 is 17.9 Å². The second kappa shape index (κ2) is 10.4. The third-order valence-corrected chi connectivity index (χ3v) is 5.55. The van der Waals surface area contributed by atoms with Crippen molar-refractivity contribution in [3.05, 3.63) is 59.9 Å². The van der Waals surface area contributed by atoms with Crippen LogP contribution in [0.5, 0.6) is 0 Å². The van der Waals surface area contributed by atoms with Gasteiger partial charge in [0.05, 0.1) is 11.7 Å². The van der Waals surface area contributed by atoms with E-state index in [-0.39, 0.29) is 30.4 Å². The molecule has 3 heterocycles. The van der Waals surface area contributed by atoms with Crippen LogP contribution in [0.2, 0.25) is 0 Å². The number of aryl methyl sites for hydroxylation is 2. The number of nitrogens with zero attached hydrogens (tertiary/aromatic N) is 5. The van der Waals surface area contributed by atoms with Crippen molar-refractivity contribution in [2.24, 2.45) is 0 Å². The maximum Gasteiger partial charge on any atom is 0.416 e. The Morgan fingerprint density at radius 2 is 1.91 bits per heavy atom. The Kier molecular flexibility index (Phi) is 7.30. The molecule has 186 valence electrons. The van der Waals surface area contributed by atoms with Crippen molar-refractivity contribution in [2.45, 2.75) is 71.2 Å². The lowest BCUT2D eigenvalue weighted by Crippen LogP contribution is -2.45. The van der Waals surface area contributed by atoms with Gasteiger partial charge in [-0.15, -0.1) is 0 Å². The standard InChI is InChI=1S/C25H32N6O4/c1-16(22-28-20(30-35-22)12-11-18-9-7-6-8-10-18)27-23-26-14-13-21(29-23)31-19(15-33-24(31)32)17(2)34-25(3,4)5/h6-10,13-14,16-17,19H,11-12,15H2,1-5H3,(H,26,27,29)/t16?,17-,19-/m1/s1. The number of aromatic nitrogens is 4. The van der Waals surface area contributed by atoms with E-state index in [9.17, 15) is 4.79 Å². The van der Waals surface area contributed by atoms with Gasteiger partial charge in [-0.2, -0.15) is 9.97 Å². The van der Waals surface area contributed by atoms with Crippen molar-refractivity contribution in [3.63, 3.8) is 0 Å². The van der Waals surface area contributed by atoms with Crippen LogP contribution in [0.25, 0.3) is 0 Å². The van der Waals surface area contributed by atoms with Gasteiger partial charge in [0, 0.05) is 12.6 Å². The fourth-order valence-electron chi connectivity index (χ4n) is 3.94. The minimum Gasteiger partial charge on any atom is -0.447 e. The number of nitrogens with one attached hydrogen (secondary N) is 1. The molecule has 1 aliphatic heterocycles. The van der Waals surface area contributed by atoms with Crippen molar-refractivity contribution in [2.75, 3.05) is 16.8 Å². The smallest absolute Gasteiger partial charge is 0.416 e. The van der Waals surface area contributed by atoms with E-state index in [1.165, 1.54) is 10.5 Å². The van der Waals surface area contributed by atoms with E-state index in [1.807, 2.05) is 52.8 Å². The number of cyclic esters (lactones) is 1. The van der Waals surface area contributed by atoms with Crippen LogP contribution in [0.4, 0.5) is 16.6 Å². The molecule has 1 saturated heterocycles. The molecule has 10 nitrogen and oxygen atoms in total. The first-order valence-corrected chi connectivity index (χ1v) is 11.8. The molecule has 4 rings (SSSR count). The van der Waals surface area contributed by atoms with Gasteiger partial charge in [-0.1, -0.05) is 35.5 Å². The molecule has 0 spiro atoms. The molecule has 0 radical (unpaired) electrons. The Morgan fingerprint density at radius 1 is 1.14 bits per heavy atom. The minimum absolute atomic E-state index is 0.229. The normalized spacial score (nSPS) is 17.8. The second-order valence-electron chi connectivity index (χ2n) is 9.59. The topological polar surface area (TPSA) is 116 Å². The predicted octanol–water partition coefficient (Wildman–Crippen LogP) is 4.35. The largest absolute Gasteiger partial charge is 0.447 e. The number of amides is 1. The molecule has 2 aromatic heterocycles. The zero-order valence-electron chi connectivity index (χ0n) is 20.8. The monoisotopic (exact) mass is 480 g/mol. The Labute approximate surface area is 205 Å². The van der Waals surface area contributed by atoms with Crippen molar-refractivity contribution in [1.82, 2.24) is 20.1 Å². The highest BCUT2D eigenvalue weighted by atomic mass is 16.6. The maximum absolute atomic E-state index is 12.5. The molecule has 1 fully saturated rings. The van der Waals surface area contributed by atoms with Crippen LogP contribution in [0.15, 0.2) is 47.1 Å². The summed E-state index contributed by atoms with van der Waals surface area (Å²) in [5, 5.41) is 7.27. The molecule has 3 atom stereocenters. The SMILES string of the molecule is CC(Nc1nccc(N2C(=O)OC[C@@H]2[C@@H](C)OC(C)(C)C)n1)c1nc(CCc2ccccc2)no1. The lowest BCUT2D eigenvalue weighted by molar-refractivity contribution is -0.0618. The van der Waals surface area contributed by atoms with Gasteiger partial charge in [0.2, 0.25) is 11.8 Å². The first kappa shape index (κ1) is 24.6. The molecular formula is C25H32N6O4. The Balaban J connectivity index is 1.41. The molecule has 0 aliphatic carbocycles. The summed E-state index contributed by atoms with van der Waals surface area (Å²) in [5.74, 6) is 1.85. The molecule has 1 amide bonds. The van der Waals surface area contributed by atoms with Crippen LogP contribution < -0.4 is 10.2 Å². The van der Waals surface area contributed by atoms with Gasteiger partial charge in [0.1, 0.15) is 24.5 Å². The van der Waals surface area contributed by atoms with Crippen LogP contribution in [0.3, 0.4) is 0 Å². The summed E-state index contributed by atoms with van der Waals surface area (Å²) in [5.41, 5.74) is 0.866. The fourth-order valence-corrected chi connectivity index (χ4v) is 3.94. The summed E-state index contributed by atoms with van der Waals surface area (Å²) < 4.78 is 16.8. The van der Waals surface area contributed by atoms with Crippen LogP contribution in [-0.2, 0) is 22.3 Å². The molecule has 1 aliphatic rings. The molecular weight excluding hydrogens is 448 g/mol. The lowest BCUT2D eigenvalue weighted by Gasteiger charge is -2.31. The first-order valence-electron chi connectivity index (χ1n) is 11.8. The molecule has 1 aromatic carbocycles. The van der Waals surface area contributed by atoms with Crippen LogP contribution >= 0.6 is 0 Å². The Morgan fingerprint density at radius 3 is 2.66 bits per heavy atom. The highest BCUT2D eigenvalue weighted by Gasteiger charge is 2.40. The number of carbonyl (C=O) groups is 1. The van der Waals surface area contributed by atoms with E-state index in [2.05, 4.69) is 37.6 Å². The van der Waals surface area contributed by atoms with Crippen molar-refractivity contribution in [1.29, 1.82) is 0 Å². The van der Waals surface area contributed by atoms with Crippen molar-refractivity contribution in [3.8, 4) is 0 Å². The summed E-state index contributed by atoms with van der Waals surface area (Å²) >= 11 is 0. The van der Waals surface area contributed by atoms with Crippen LogP contribution in [0, 0.1) is 0 Å².